The van der Waals surface area contributed by atoms with E-state index in [2.05, 4.69) is 15.9 Å². The summed E-state index contributed by atoms with van der Waals surface area (Å²) in [6.45, 7) is 1.25. The van der Waals surface area contributed by atoms with Crippen LogP contribution in [0.15, 0.2) is 4.47 Å². The molecule has 0 amide bonds. The van der Waals surface area contributed by atoms with Crippen LogP contribution in [-0.2, 0) is 23.1 Å². The molecule has 1 fully saturated rings. The monoisotopic (exact) mass is 366 g/mol. The molecule has 4 nitrogen and oxygen atoms in total. The first-order chi connectivity index (χ1) is 10.6. The molecule has 3 aliphatic rings. The van der Waals surface area contributed by atoms with Crippen molar-refractivity contribution in [1.82, 2.24) is 0 Å². The Labute approximate surface area is 137 Å². The Bertz CT molecular complexity index is 612. The molecular formula is C17H19BrO4. The molecule has 1 aromatic rings. The number of benzene rings is 1. The van der Waals surface area contributed by atoms with E-state index >= 15 is 0 Å². The first kappa shape index (κ1) is 14.4. The summed E-state index contributed by atoms with van der Waals surface area (Å²) in [5, 5.41) is 10.1. The molecule has 2 aliphatic heterocycles. The summed E-state index contributed by atoms with van der Waals surface area (Å²) >= 11 is 3.64. The minimum absolute atomic E-state index is 0.625. The van der Waals surface area contributed by atoms with E-state index in [1.807, 2.05) is 0 Å². The molecule has 22 heavy (non-hydrogen) atoms. The highest BCUT2D eigenvalue weighted by Gasteiger charge is 2.48. The summed E-state index contributed by atoms with van der Waals surface area (Å²) in [4.78, 5) is 12.3. The fourth-order valence-electron chi connectivity index (χ4n) is 4.28. The zero-order valence-electron chi connectivity index (χ0n) is 12.4. The average Bonchev–Trinajstić information content (AvgIpc) is 3.17. The van der Waals surface area contributed by atoms with Crippen molar-refractivity contribution in [2.24, 2.45) is 0 Å². The zero-order chi connectivity index (χ0) is 15.3. The molecule has 5 heteroatoms. The van der Waals surface area contributed by atoms with E-state index in [9.17, 15) is 9.90 Å². The van der Waals surface area contributed by atoms with Gasteiger partial charge >= 0.3 is 5.97 Å². The largest absolute Gasteiger partial charge is 0.493 e. The molecule has 1 aliphatic carbocycles. The van der Waals surface area contributed by atoms with Crippen LogP contribution in [0, 0.1) is 0 Å². The van der Waals surface area contributed by atoms with Gasteiger partial charge in [0.15, 0.2) is 0 Å². The molecule has 0 aromatic heterocycles. The Morgan fingerprint density at radius 1 is 1.00 bits per heavy atom. The van der Waals surface area contributed by atoms with Crippen LogP contribution >= 0.6 is 15.9 Å². The van der Waals surface area contributed by atoms with E-state index in [0.29, 0.717) is 26.1 Å². The summed E-state index contributed by atoms with van der Waals surface area (Å²) in [6, 6.07) is 0. The van der Waals surface area contributed by atoms with Crippen LogP contribution in [0.25, 0.3) is 0 Å². The Hall–Kier alpha value is -1.23. The van der Waals surface area contributed by atoms with Crippen molar-refractivity contribution < 1.29 is 19.4 Å². The van der Waals surface area contributed by atoms with Gasteiger partial charge in [-0.2, -0.15) is 0 Å². The SMILES string of the molecule is O=C(O)C1(c2c3c(c(Br)c4c2OCC4)OCC3)CCCCC1. The van der Waals surface area contributed by atoms with Crippen LogP contribution in [0.5, 0.6) is 11.5 Å². The van der Waals surface area contributed by atoms with E-state index in [-0.39, 0.29) is 0 Å². The van der Waals surface area contributed by atoms with E-state index in [1.165, 1.54) is 0 Å². The van der Waals surface area contributed by atoms with Gasteiger partial charge in [-0.3, -0.25) is 4.79 Å². The summed E-state index contributed by atoms with van der Waals surface area (Å²) < 4.78 is 12.7. The third-order valence-electron chi connectivity index (χ3n) is 5.33. The number of hydrogen-bond acceptors (Lipinski definition) is 3. The van der Waals surface area contributed by atoms with Crippen LogP contribution in [0.2, 0.25) is 0 Å². The number of carbonyl (C=O) groups is 1. The van der Waals surface area contributed by atoms with Gasteiger partial charge < -0.3 is 14.6 Å². The van der Waals surface area contributed by atoms with Crippen molar-refractivity contribution in [3.8, 4) is 11.5 Å². The van der Waals surface area contributed by atoms with Crippen molar-refractivity contribution in [3.05, 3.63) is 21.2 Å². The molecule has 0 unspecified atom stereocenters. The summed E-state index contributed by atoms with van der Waals surface area (Å²) in [6.07, 6.45) is 6.04. The summed E-state index contributed by atoms with van der Waals surface area (Å²) in [7, 11) is 0. The molecule has 4 rings (SSSR count). The van der Waals surface area contributed by atoms with Crippen LogP contribution in [0.3, 0.4) is 0 Å². The standard InChI is InChI=1S/C17H19BrO4/c18-13-11-5-9-21-14(11)12(10-4-8-22-15(10)13)17(16(19)20)6-2-1-3-7-17/h1-9H2,(H,19,20). The van der Waals surface area contributed by atoms with Gasteiger partial charge in [-0.05, 0) is 28.8 Å². The lowest BCUT2D eigenvalue weighted by atomic mass is 9.67. The van der Waals surface area contributed by atoms with E-state index in [4.69, 9.17) is 9.47 Å². The van der Waals surface area contributed by atoms with Gasteiger partial charge in [0.2, 0.25) is 0 Å². The second-order valence-corrected chi connectivity index (χ2v) is 7.24. The number of hydrogen-bond donors (Lipinski definition) is 1. The number of aliphatic carboxylic acids is 1. The molecular weight excluding hydrogens is 348 g/mol. The Kier molecular flexibility index (Phi) is 3.36. The maximum Gasteiger partial charge on any atom is 0.314 e. The van der Waals surface area contributed by atoms with Crippen LogP contribution in [0.4, 0.5) is 0 Å². The molecule has 2 heterocycles. The average molecular weight is 367 g/mol. The van der Waals surface area contributed by atoms with Crippen molar-refractivity contribution in [3.63, 3.8) is 0 Å². The lowest BCUT2D eigenvalue weighted by Crippen LogP contribution is -2.39. The topological polar surface area (TPSA) is 55.8 Å². The highest BCUT2D eigenvalue weighted by atomic mass is 79.9. The van der Waals surface area contributed by atoms with Crippen molar-refractivity contribution in [2.75, 3.05) is 13.2 Å². The number of ether oxygens (including phenoxy) is 2. The number of halogens is 1. The lowest BCUT2D eigenvalue weighted by molar-refractivity contribution is -0.145. The minimum atomic E-state index is -0.800. The number of fused-ring (bicyclic) bond motifs is 2. The van der Waals surface area contributed by atoms with Gasteiger partial charge in [0, 0.05) is 29.5 Å². The van der Waals surface area contributed by atoms with E-state index < -0.39 is 11.4 Å². The first-order valence-electron chi connectivity index (χ1n) is 8.02. The van der Waals surface area contributed by atoms with Gasteiger partial charge in [-0.15, -0.1) is 0 Å². The lowest BCUT2D eigenvalue weighted by Gasteiger charge is -2.36. The maximum absolute atomic E-state index is 12.3. The van der Waals surface area contributed by atoms with Gasteiger partial charge in [0.05, 0.1) is 23.1 Å². The van der Waals surface area contributed by atoms with Crippen molar-refractivity contribution >= 4 is 21.9 Å². The predicted octanol–water partition coefficient (Wildman–Crippen LogP) is 3.61. The molecule has 0 saturated heterocycles. The summed E-state index contributed by atoms with van der Waals surface area (Å²) in [5.74, 6) is 0.965. The third-order valence-corrected chi connectivity index (χ3v) is 6.17. The van der Waals surface area contributed by atoms with E-state index in [0.717, 1.165) is 64.8 Å². The fourth-order valence-corrected chi connectivity index (χ4v) is 5.02. The molecule has 0 radical (unpaired) electrons. The second-order valence-electron chi connectivity index (χ2n) is 6.45. The van der Waals surface area contributed by atoms with Gasteiger partial charge in [0.25, 0.3) is 0 Å². The Balaban J connectivity index is 2.00. The van der Waals surface area contributed by atoms with Crippen LogP contribution < -0.4 is 9.47 Å². The Morgan fingerprint density at radius 3 is 2.32 bits per heavy atom. The van der Waals surface area contributed by atoms with E-state index in [1.54, 1.807) is 0 Å². The second kappa shape index (κ2) is 5.15. The van der Waals surface area contributed by atoms with Gasteiger partial charge in [-0.1, -0.05) is 19.3 Å². The van der Waals surface area contributed by atoms with Crippen molar-refractivity contribution in [2.45, 2.75) is 50.4 Å². The third kappa shape index (κ3) is 1.84. The molecule has 0 spiro atoms. The highest BCUT2D eigenvalue weighted by molar-refractivity contribution is 9.10. The van der Waals surface area contributed by atoms with Gasteiger partial charge in [-0.25, -0.2) is 0 Å². The normalized spacial score (nSPS) is 21.7. The predicted molar refractivity (Wildman–Crippen MR) is 84.9 cm³/mol. The van der Waals surface area contributed by atoms with Crippen molar-refractivity contribution in [1.29, 1.82) is 0 Å². The summed E-state index contributed by atoms with van der Waals surface area (Å²) in [5.41, 5.74) is 2.26. The highest BCUT2D eigenvalue weighted by Crippen LogP contribution is 2.54. The van der Waals surface area contributed by atoms with Crippen LogP contribution in [0.1, 0.15) is 48.8 Å². The van der Waals surface area contributed by atoms with Crippen LogP contribution in [-0.4, -0.2) is 24.3 Å². The fraction of sp³-hybridized carbons (Fsp3) is 0.588. The Morgan fingerprint density at radius 2 is 1.64 bits per heavy atom. The molecule has 118 valence electrons. The quantitative estimate of drug-likeness (QED) is 0.868. The minimum Gasteiger partial charge on any atom is -0.493 e. The molecule has 1 aromatic carbocycles. The maximum atomic E-state index is 12.3. The number of rotatable bonds is 2. The molecule has 1 saturated carbocycles. The molecule has 0 bridgehead atoms. The number of carboxylic acid groups (broad SMARTS) is 1. The van der Waals surface area contributed by atoms with Gasteiger partial charge in [0.1, 0.15) is 11.5 Å². The number of carboxylic acids is 1. The molecule has 1 N–H and O–H groups in total. The zero-order valence-corrected chi connectivity index (χ0v) is 14.0. The molecule has 0 atom stereocenters. The smallest absolute Gasteiger partial charge is 0.314 e. The first-order valence-corrected chi connectivity index (χ1v) is 8.81.